The van der Waals surface area contributed by atoms with Crippen LogP contribution < -0.4 is 5.32 Å². The van der Waals surface area contributed by atoms with Crippen LogP contribution in [0.4, 0.5) is 11.4 Å². The molecule has 1 N–H and O–H groups in total. The molecule has 194 valence electrons. The Kier molecular flexibility index (Phi) is 5.47. The molecule has 0 unspecified atom stereocenters. The molecule has 6 aromatic carbocycles. The lowest BCUT2D eigenvalue weighted by Gasteiger charge is -2.14. The van der Waals surface area contributed by atoms with Gasteiger partial charge in [0, 0.05) is 22.0 Å². The number of anilines is 2. The predicted octanol–water partition coefficient (Wildman–Crippen LogP) is 9.94. The molecule has 2 heterocycles. The van der Waals surface area contributed by atoms with Gasteiger partial charge in [0.15, 0.2) is 5.82 Å². The minimum atomic E-state index is 0.677. The second-order valence-corrected chi connectivity index (χ2v) is 10.5. The van der Waals surface area contributed by atoms with Crippen LogP contribution in [0.3, 0.4) is 0 Å². The monoisotopic (exact) mass is 546 g/mol. The SMILES string of the molecule is Clc1cc2ccccc2cc1Nc1ccc2c3ccccc3n(-c3nc4ccccc4nc3-c3ccccc3)c2c1. The number of nitrogens with zero attached hydrogens (tertiary/aromatic N) is 3. The standard InChI is InChI=1S/C36H23ClN4/c37-29-20-24-12-4-5-13-25(24)21-32(29)38-26-18-19-28-27-14-6-9-17-33(27)41(34(28)22-26)36-35(23-10-2-1-3-11-23)39-30-15-7-8-16-31(30)40-36/h1-22,38H. The normalized spacial score (nSPS) is 11.5. The zero-order chi connectivity index (χ0) is 27.3. The maximum atomic E-state index is 6.72. The highest BCUT2D eigenvalue weighted by Gasteiger charge is 2.19. The first-order chi connectivity index (χ1) is 20.2. The highest BCUT2D eigenvalue weighted by Crippen LogP contribution is 2.38. The van der Waals surface area contributed by atoms with Crippen molar-refractivity contribution in [3.63, 3.8) is 0 Å². The molecule has 41 heavy (non-hydrogen) atoms. The molecule has 8 rings (SSSR count). The van der Waals surface area contributed by atoms with Crippen LogP contribution in [-0.4, -0.2) is 14.5 Å². The number of hydrogen-bond donors (Lipinski definition) is 1. The largest absolute Gasteiger partial charge is 0.354 e. The molecule has 0 saturated carbocycles. The van der Waals surface area contributed by atoms with Gasteiger partial charge in [-0.3, -0.25) is 4.57 Å². The molecule has 0 aliphatic carbocycles. The Balaban J connectivity index is 1.38. The van der Waals surface area contributed by atoms with Gasteiger partial charge in [-0.15, -0.1) is 0 Å². The van der Waals surface area contributed by atoms with Crippen LogP contribution in [0.5, 0.6) is 0 Å². The van der Waals surface area contributed by atoms with Crippen molar-refractivity contribution in [1.82, 2.24) is 14.5 Å². The fraction of sp³-hybridized carbons (Fsp3) is 0. The molecule has 5 heteroatoms. The number of halogens is 1. The van der Waals surface area contributed by atoms with Crippen LogP contribution in [0.15, 0.2) is 133 Å². The van der Waals surface area contributed by atoms with Crippen molar-refractivity contribution >= 4 is 66.6 Å². The molecule has 4 nitrogen and oxygen atoms in total. The average Bonchev–Trinajstić information content (AvgIpc) is 3.34. The minimum Gasteiger partial charge on any atom is -0.354 e. The summed E-state index contributed by atoms with van der Waals surface area (Å²) >= 11 is 6.72. The fourth-order valence-electron chi connectivity index (χ4n) is 5.68. The van der Waals surface area contributed by atoms with E-state index in [4.69, 9.17) is 21.6 Å². The van der Waals surface area contributed by atoms with Crippen LogP contribution in [0.1, 0.15) is 0 Å². The Bertz CT molecular complexity index is 2250. The molecule has 0 amide bonds. The quantitative estimate of drug-likeness (QED) is 0.239. The average molecular weight is 547 g/mol. The smallest absolute Gasteiger partial charge is 0.165 e. The summed E-state index contributed by atoms with van der Waals surface area (Å²) < 4.78 is 2.24. The van der Waals surface area contributed by atoms with Gasteiger partial charge in [-0.05, 0) is 53.2 Å². The van der Waals surface area contributed by atoms with Crippen molar-refractivity contribution in [3.8, 4) is 17.1 Å². The molecule has 0 aliphatic heterocycles. The van der Waals surface area contributed by atoms with Crippen LogP contribution in [0, 0.1) is 0 Å². The third kappa shape index (κ3) is 4.00. The van der Waals surface area contributed by atoms with Crippen molar-refractivity contribution in [3.05, 3.63) is 138 Å². The minimum absolute atomic E-state index is 0.677. The number of hydrogen-bond acceptors (Lipinski definition) is 3. The predicted molar refractivity (Wildman–Crippen MR) is 172 cm³/mol. The lowest BCUT2D eigenvalue weighted by atomic mass is 10.1. The summed E-state index contributed by atoms with van der Waals surface area (Å²) in [6, 6.07) is 45.6. The van der Waals surface area contributed by atoms with Crippen molar-refractivity contribution in [1.29, 1.82) is 0 Å². The summed E-state index contributed by atoms with van der Waals surface area (Å²) in [6.07, 6.45) is 0. The zero-order valence-corrected chi connectivity index (χ0v) is 22.7. The first-order valence-electron chi connectivity index (χ1n) is 13.5. The molecular weight excluding hydrogens is 524 g/mol. The lowest BCUT2D eigenvalue weighted by Crippen LogP contribution is -2.04. The van der Waals surface area contributed by atoms with Crippen molar-refractivity contribution in [2.45, 2.75) is 0 Å². The number of fused-ring (bicyclic) bond motifs is 5. The topological polar surface area (TPSA) is 42.7 Å². The second kappa shape index (κ2) is 9.47. The van der Waals surface area contributed by atoms with Crippen LogP contribution in [-0.2, 0) is 0 Å². The molecule has 0 spiro atoms. The van der Waals surface area contributed by atoms with E-state index in [2.05, 4.69) is 82.7 Å². The van der Waals surface area contributed by atoms with Gasteiger partial charge in [0.05, 0.1) is 32.8 Å². The number of nitrogens with one attached hydrogen (secondary N) is 1. The van der Waals surface area contributed by atoms with Gasteiger partial charge in [0.1, 0.15) is 5.69 Å². The molecule has 0 radical (unpaired) electrons. The molecule has 0 fully saturated rings. The van der Waals surface area contributed by atoms with Gasteiger partial charge in [0.2, 0.25) is 0 Å². The van der Waals surface area contributed by atoms with Gasteiger partial charge >= 0.3 is 0 Å². The molecule has 0 atom stereocenters. The maximum absolute atomic E-state index is 6.72. The number of para-hydroxylation sites is 3. The van der Waals surface area contributed by atoms with Crippen LogP contribution in [0.25, 0.3) is 60.7 Å². The van der Waals surface area contributed by atoms with Gasteiger partial charge in [-0.1, -0.05) is 103 Å². The van der Waals surface area contributed by atoms with Crippen LogP contribution >= 0.6 is 11.6 Å². The first-order valence-corrected chi connectivity index (χ1v) is 13.9. The lowest BCUT2D eigenvalue weighted by molar-refractivity contribution is 1.08. The third-order valence-corrected chi connectivity index (χ3v) is 7.91. The Morgan fingerprint density at radius 2 is 1.22 bits per heavy atom. The summed E-state index contributed by atoms with van der Waals surface area (Å²) in [4.78, 5) is 10.3. The van der Waals surface area contributed by atoms with E-state index < -0.39 is 0 Å². The number of benzene rings is 6. The molecular formula is C36H23ClN4. The highest BCUT2D eigenvalue weighted by atomic mass is 35.5. The van der Waals surface area contributed by atoms with E-state index in [9.17, 15) is 0 Å². The molecule has 8 aromatic rings. The molecule has 0 bridgehead atoms. The Morgan fingerprint density at radius 3 is 2.05 bits per heavy atom. The van der Waals surface area contributed by atoms with Crippen molar-refractivity contribution in [2.75, 3.05) is 5.32 Å². The fourth-order valence-corrected chi connectivity index (χ4v) is 5.90. The Hall–Kier alpha value is -5.19. The Morgan fingerprint density at radius 1 is 0.561 bits per heavy atom. The van der Waals surface area contributed by atoms with E-state index >= 15 is 0 Å². The molecule has 2 aromatic heterocycles. The first kappa shape index (κ1) is 23.7. The highest BCUT2D eigenvalue weighted by molar-refractivity contribution is 6.34. The summed E-state index contributed by atoms with van der Waals surface area (Å²) in [5.41, 5.74) is 7.48. The zero-order valence-electron chi connectivity index (χ0n) is 21.9. The van der Waals surface area contributed by atoms with Crippen molar-refractivity contribution in [2.24, 2.45) is 0 Å². The molecule has 0 aliphatic rings. The van der Waals surface area contributed by atoms with Gasteiger partial charge < -0.3 is 5.32 Å². The van der Waals surface area contributed by atoms with Gasteiger partial charge in [-0.2, -0.15) is 0 Å². The summed E-state index contributed by atoms with van der Waals surface area (Å²) in [5.74, 6) is 0.794. The van der Waals surface area contributed by atoms with Gasteiger partial charge in [-0.25, -0.2) is 9.97 Å². The number of rotatable bonds is 4. The van der Waals surface area contributed by atoms with E-state index in [0.29, 0.717) is 5.02 Å². The van der Waals surface area contributed by atoms with E-state index in [1.807, 2.05) is 60.7 Å². The summed E-state index contributed by atoms with van der Waals surface area (Å²) in [7, 11) is 0. The van der Waals surface area contributed by atoms with Crippen molar-refractivity contribution < 1.29 is 0 Å². The van der Waals surface area contributed by atoms with Gasteiger partial charge in [0.25, 0.3) is 0 Å². The van der Waals surface area contributed by atoms with E-state index in [1.165, 1.54) is 0 Å². The van der Waals surface area contributed by atoms with E-state index in [-0.39, 0.29) is 0 Å². The Labute approximate surface area is 241 Å². The van der Waals surface area contributed by atoms with Crippen LogP contribution in [0.2, 0.25) is 5.02 Å². The van der Waals surface area contributed by atoms with E-state index in [0.717, 1.165) is 72.1 Å². The summed E-state index contributed by atoms with van der Waals surface area (Å²) in [6.45, 7) is 0. The number of aromatic nitrogens is 3. The third-order valence-electron chi connectivity index (χ3n) is 7.60. The van der Waals surface area contributed by atoms with E-state index in [1.54, 1.807) is 0 Å². The molecule has 0 saturated heterocycles. The summed E-state index contributed by atoms with van der Waals surface area (Å²) in [5, 5.41) is 8.80. The second-order valence-electron chi connectivity index (χ2n) is 10.1. The maximum Gasteiger partial charge on any atom is 0.165 e.